The first-order valence-electron chi connectivity index (χ1n) is 5.57. The Bertz CT molecular complexity index is 404. The van der Waals surface area contributed by atoms with Gasteiger partial charge in [0, 0.05) is 31.5 Å². The highest BCUT2D eigenvalue weighted by atomic mass is 16.5. The highest BCUT2D eigenvalue weighted by molar-refractivity contribution is 5.95. The molecule has 1 aromatic rings. The number of ether oxygens (including phenoxy) is 1. The van der Waals surface area contributed by atoms with Crippen LogP contribution in [0.2, 0.25) is 0 Å². The van der Waals surface area contributed by atoms with Crippen LogP contribution in [0.25, 0.3) is 0 Å². The van der Waals surface area contributed by atoms with Crippen molar-refractivity contribution in [3.05, 3.63) is 29.8 Å². The van der Waals surface area contributed by atoms with Gasteiger partial charge < -0.3 is 21.1 Å². The minimum Gasteiger partial charge on any atom is -0.385 e. The Hall–Kier alpha value is -2.08. The number of carbonyl (C=O) groups is 2. The van der Waals surface area contributed by atoms with Gasteiger partial charge in [-0.3, -0.25) is 4.79 Å². The summed E-state index contributed by atoms with van der Waals surface area (Å²) in [7, 11) is 1.62. The Morgan fingerprint density at radius 1 is 1.28 bits per heavy atom. The third kappa shape index (κ3) is 4.84. The molecule has 4 N–H and O–H groups in total. The van der Waals surface area contributed by atoms with Crippen molar-refractivity contribution in [1.82, 2.24) is 5.32 Å². The molecule has 0 saturated heterocycles. The van der Waals surface area contributed by atoms with Crippen molar-refractivity contribution in [2.24, 2.45) is 5.73 Å². The molecule has 3 amide bonds. The summed E-state index contributed by atoms with van der Waals surface area (Å²) < 4.78 is 4.88. The number of carbonyl (C=O) groups excluding carboxylic acids is 2. The molecular formula is C12H17N3O3. The van der Waals surface area contributed by atoms with Gasteiger partial charge in [-0.2, -0.15) is 0 Å². The zero-order valence-electron chi connectivity index (χ0n) is 10.2. The van der Waals surface area contributed by atoms with Crippen molar-refractivity contribution in [1.29, 1.82) is 0 Å². The molecule has 0 bridgehead atoms. The summed E-state index contributed by atoms with van der Waals surface area (Å²) in [5, 5.41) is 5.18. The van der Waals surface area contributed by atoms with Crippen LogP contribution in [0.1, 0.15) is 16.8 Å². The number of urea groups is 1. The van der Waals surface area contributed by atoms with Crippen LogP contribution in [0.15, 0.2) is 24.3 Å². The number of primary amides is 1. The Balaban J connectivity index is 2.46. The van der Waals surface area contributed by atoms with Crippen molar-refractivity contribution in [2.45, 2.75) is 6.42 Å². The second kappa shape index (κ2) is 7.29. The normalized spacial score (nSPS) is 9.83. The summed E-state index contributed by atoms with van der Waals surface area (Å²) >= 11 is 0. The summed E-state index contributed by atoms with van der Waals surface area (Å²) in [6.45, 7) is 1.18. The highest BCUT2D eigenvalue weighted by Gasteiger charge is 2.04. The van der Waals surface area contributed by atoms with Gasteiger partial charge in [0.1, 0.15) is 0 Å². The quantitative estimate of drug-likeness (QED) is 0.657. The van der Waals surface area contributed by atoms with E-state index in [1.165, 1.54) is 0 Å². The minimum atomic E-state index is -0.633. The van der Waals surface area contributed by atoms with E-state index in [-0.39, 0.29) is 5.91 Å². The largest absolute Gasteiger partial charge is 0.385 e. The highest BCUT2D eigenvalue weighted by Crippen LogP contribution is 2.09. The number of nitrogens with one attached hydrogen (secondary N) is 2. The first kappa shape index (κ1) is 14.0. The Kier molecular flexibility index (Phi) is 5.66. The van der Waals surface area contributed by atoms with Crippen LogP contribution in [0.5, 0.6) is 0 Å². The number of benzene rings is 1. The van der Waals surface area contributed by atoms with Crippen LogP contribution in [0.3, 0.4) is 0 Å². The summed E-state index contributed by atoms with van der Waals surface area (Å²) in [5.74, 6) is -0.156. The second-order valence-electron chi connectivity index (χ2n) is 3.67. The molecule has 98 valence electrons. The van der Waals surface area contributed by atoms with E-state index in [0.29, 0.717) is 24.4 Å². The van der Waals surface area contributed by atoms with Crippen molar-refractivity contribution in [2.75, 3.05) is 25.6 Å². The van der Waals surface area contributed by atoms with Gasteiger partial charge in [-0.15, -0.1) is 0 Å². The van der Waals surface area contributed by atoms with Crippen LogP contribution in [-0.2, 0) is 4.74 Å². The fourth-order valence-electron chi connectivity index (χ4n) is 1.37. The molecule has 0 aliphatic heterocycles. The molecule has 0 fully saturated rings. The van der Waals surface area contributed by atoms with Crippen molar-refractivity contribution < 1.29 is 14.3 Å². The van der Waals surface area contributed by atoms with Crippen molar-refractivity contribution >= 4 is 17.6 Å². The zero-order valence-corrected chi connectivity index (χ0v) is 10.2. The molecule has 0 aliphatic carbocycles. The van der Waals surface area contributed by atoms with Crippen LogP contribution >= 0.6 is 0 Å². The molecule has 0 radical (unpaired) electrons. The molecule has 6 heteroatoms. The summed E-state index contributed by atoms with van der Waals surface area (Å²) in [4.78, 5) is 22.3. The van der Waals surface area contributed by atoms with E-state index in [0.717, 1.165) is 6.42 Å². The van der Waals surface area contributed by atoms with E-state index < -0.39 is 6.03 Å². The van der Waals surface area contributed by atoms with Crippen LogP contribution < -0.4 is 16.4 Å². The average Bonchev–Trinajstić information content (AvgIpc) is 2.34. The number of hydrogen-bond donors (Lipinski definition) is 3. The number of amides is 3. The molecule has 0 aromatic heterocycles. The fraction of sp³-hybridized carbons (Fsp3) is 0.333. The van der Waals surface area contributed by atoms with Gasteiger partial charge in [-0.05, 0) is 30.7 Å². The lowest BCUT2D eigenvalue weighted by molar-refractivity contribution is 0.0948. The molecule has 0 heterocycles. The molecule has 0 unspecified atom stereocenters. The lowest BCUT2D eigenvalue weighted by Gasteiger charge is -2.06. The van der Waals surface area contributed by atoms with Crippen LogP contribution in [0, 0.1) is 0 Å². The maximum absolute atomic E-state index is 11.7. The molecule has 6 nitrogen and oxygen atoms in total. The van der Waals surface area contributed by atoms with Gasteiger partial charge in [0.15, 0.2) is 0 Å². The molecule has 1 rings (SSSR count). The van der Waals surface area contributed by atoms with Gasteiger partial charge in [-0.1, -0.05) is 0 Å². The smallest absolute Gasteiger partial charge is 0.316 e. The molecule has 0 saturated carbocycles. The van der Waals surface area contributed by atoms with Crippen molar-refractivity contribution in [3.63, 3.8) is 0 Å². The van der Waals surface area contributed by atoms with Crippen molar-refractivity contribution in [3.8, 4) is 0 Å². The number of hydrogen-bond acceptors (Lipinski definition) is 3. The Labute approximate surface area is 105 Å². The standard InChI is InChI=1S/C12H17N3O3/c1-18-8-2-7-14-11(16)9-3-5-10(6-4-9)15-12(13)17/h3-6H,2,7-8H2,1H3,(H,14,16)(H3,13,15,17). The third-order valence-electron chi connectivity index (χ3n) is 2.23. The number of rotatable bonds is 6. The van der Waals surface area contributed by atoms with E-state index >= 15 is 0 Å². The van der Waals surface area contributed by atoms with Gasteiger partial charge in [0.2, 0.25) is 0 Å². The van der Waals surface area contributed by atoms with Gasteiger partial charge in [0.05, 0.1) is 0 Å². The first-order valence-corrected chi connectivity index (χ1v) is 5.57. The first-order chi connectivity index (χ1) is 8.63. The zero-order chi connectivity index (χ0) is 13.4. The predicted octanol–water partition coefficient (Wildman–Crippen LogP) is 0.944. The predicted molar refractivity (Wildman–Crippen MR) is 68.5 cm³/mol. The SMILES string of the molecule is COCCCNC(=O)c1ccc(NC(N)=O)cc1. The molecule has 18 heavy (non-hydrogen) atoms. The molecule has 0 spiro atoms. The summed E-state index contributed by atoms with van der Waals surface area (Å²) in [5.41, 5.74) is 6.06. The van der Waals surface area contributed by atoms with E-state index in [1.54, 1.807) is 31.4 Å². The van der Waals surface area contributed by atoms with Gasteiger partial charge >= 0.3 is 6.03 Å². The summed E-state index contributed by atoms with van der Waals surface area (Å²) in [6, 6.07) is 5.85. The van der Waals surface area contributed by atoms with E-state index in [9.17, 15) is 9.59 Å². The second-order valence-corrected chi connectivity index (χ2v) is 3.67. The van der Waals surface area contributed by atoms with E-state index in [1.807, 2.05) is 0 Å². The van der Waals surface area contributed by atoms with Crippen LogP contribution in [-0.4, -0.2) is 32.2 Å². The van der Waals surface area contributed by atoms with E-state index in [4.69, 9.17) is 10.5 Å². The number of nitrogens with two attached hydrogens (primary N) is 1. The van der Waals surface area contributed by atoms with E-state index in [2.05, 4.69) is 10.6 Å². The number of anilines is 1. The van der Waals surface area contributed by atoms with Gasteiger partial charge in [0.25, 0.3) is 5.91 Å². The molecule has 0 atom stereocenters. The Morgan fingerprint density at radius 3 is 2.50 bits per heavy atom. The van der Waals surface area contributed by atoms with Crippen LogP contribution in [0.4, 0.5) is 10.5 Å². The third-order valence-corrected chi connectivity index (χ3v) is 2.23. The lowest BCUT2D eigenvalue weighted by Crippen LogP contribution is -2.25. The molecule has 1 aromatic carbocycles. The topological polar surface area (TPSA) is 93.4 Å². The molecular weight excluding hydrogens is 234 g/mol. The lowest BCUT2D eigenvalue weighted by atomic mass is 10.2. The fourth-order valence-corrected chi connectivity index (χ4v) is 1.37. The molecule has 0 aliphatic rings. The maximum Gasteiger partial charge on any atom is 0.316 e. The monoisotopic (exact) mass is 251 g/mol. The number of methoxy groups -OCH3 is 1. The van der Waals surface area contributed by atoms with Gasteiger partial charge in [-0.25, -0.2) is 4.79 Å². The minimum absolute atomic E-state index is 0.156. The maximum atomic E-state index is 11.7. The summed E-state index contributed by atoms with van der Waals surface area (Å²) in [6.07, 6.45) is 0.767. The average molecular weight is 251 g/mol. The Morgan fingerprint density at radius 2 is 1.94 bits per heavy atom.